The van der Waals surface area contributed by atoms with Crippen LogP contribution in [0.2, 0.25) is 0 Å². The van der Waals surface area contributed by atoms with E-state index in [4.69, 9.17) is 12.2 Å². The minimum absolute atomic E-state index is 0.104. The molecule has 0 bridgehead atoms. The van der Waals surface area contributed by atoms with Crippen LogP contribution >= 0.6 is 12.2 Å². The second-order valence-electron chi connectivity index (χ2n) is 4.68. The molecule has 102 valence electrons. The van der Waals surface area contributed by atoms with Gasteiger partial charge in [-0.1, -0.05) is 0 Å². The van der Waals surface area contributed by atoms with Gasteiger partial charge < -0.3 is 4.90 Å². The molecular formula is C10H18N4O2S2. The molecule has 2 aliphatic rings. The molecule has 2 rings (SSSR count). The van der Waals surface area contributed by atoms with E-state index in [-0.39, 0.29) is 17.8 Å². The van der Waals surface area contributed by atoms with Crippen molar-refractivity contribution in [3.63, 3.8) is 0 Å². The molecule has 0 amide bonds. The van der Waals surface area contributed by atoms with Gasteiger partial charge in [0.2, 0.25) is 15.1 Å². The lowest BCUT2D eigenvalue weighted by Crippen LogP contribution is -2.47. The molecule has 6 nitrogen and oxygen atoms in total. The van der Waals surface area contributed by atoms with Crippen molar-refractivity contribution in [1.82, 2.24) is 9.21 Å². The number of sulfonamides is 1. The second-order valence-corrected chi connectivity index (χ2v) is 7.31. The number of hydrogen-bond donors (Lipinski definition) is 0. The van der Waals surface area contributed by atoms with Crippen LogP contribution in [-0.2, 0) is 10.0 Å². The zero-order valence-electron chi connectivity index (χ0n) is 10.6. The Balaban J connectivity index is 2.08. The highest BCUT2D eigenvalue weighted by Gasteiger charge is 2.36. The van der Waals surface area contributed by atoms with Crippen LogP contribution in [0.3, 0.4) is 0 Å². The molecule has 0 N–H and O–H groups in total. The minimum atomic E-state index is -3.11. The van der Waals surface area contributed by atoms with Crippen LogP contribution in [0.4, 0.5) is 0 Å². The first kappa shape index (κ1) is 13.8. The summed E-state index contributed by atoms with van der Waals surface area (Å²) in [5, 5.41) is 8.53. The van der Waals surface area contributed by atoms with E-state index in [0.717, 1.165) is 12.8 Å². The first-order chi connectivity index (χ1) is 8.45. The molecule has 0 aliphatic carbocycles. The Morgan fingerprint density at radius 2 is 2.22 bits per heavy atom. The highest BCUT2D eigenvalue weighted by atomic mass is 32.2. The second kappa shape index (κ2) is 5.18. The summed E-state index contributed by atoms with van der Waals surface area (Å²) >= 11 is 5.05. The maximum atomic E-state index is 11.9. The van der Waals surface area contributed by atoms with E-state index in [2.05, 4.69) is 10.2 Å². The highest BCUT2D eigenvalue weighted by molar-refractivity contribution is 7.89. The van der Waals surface area contributed by atoms with E-state index >= 15 is 0 Å². The maximum absolute atomic E-state index is 11.9. The zero-order chi connectivity index (χ0) is 13.3. The largest absolute Gasteiger partial charge is 0.325 e. The Kier molecular flexibility index (Phi) is 3.98. The summed E-state index contributed by atoms with van der Waals surface area (Å²) in [7, 11) is -1.24. The van der Waals surface area contributed by atoms with E-state index < -0.39 is 10.0 Å². The zero-order valence-corrected chi connectivity index (χ0v) is 12.2. The molecule has 0 spiro atoms. The predicted octanol–water partition coefficient (Wildman–Crippen LogP) is 1.06. The molecule has 2 unspecified atom stereocenters. The Bertz CT molecular complexity index is 462. The smallest absolute Gasteiger partial charge is 0.217 e. The molecule has 0 aromatic rings. The summed E-state index contributed by atoms with van der Waals surface area (Å²) in [6, 6.07) is 0. The number of thiocarbonyl (C=S) groups is 1. The lowest BCUT2D eigenvalue weighted by atomic mass is 9.96. The van der Waals surface area contributed by atoms with E-state index in [1.54, 1.807) is 11.2 Å². The molecule has 2 atom stereocenters. The summed E-state index contributed by atoms with van der Waals surface area (Å²) in [5.74, 6) is 0.328. The van der Waals surface area contributed by atoms with E-state index in [0.29, 0.717) is 18.2 Å². The minimum Gasteiger partial charge on any atom is -0.325 e. The molecule has 0 saturated carbocycles. The van der Waals surface area contributed by atoms with Crippen LogP contribution in [-0.4, -0.2) is 54.8 Å². The maximum Gasteiger partial charge on any atom is 0.217 e. The van der Waals surface area contributed by atoms with Crippen molar-refractivity contribution in [2.45, 2.75) is 25.9 Å². The first-order valence-electron chi connectivity index (χ1n) is 6.11. The number of nitrogens with zero attached hydrogens (tertiary/aromatic N) is 4. The van der Waals surface area contributed by atoms with Gasteiger partial charge in [-0.25, -0.2) is 12.7 Å². The molecule has 1 fully saturated rings. The van der Waals surface area contributed by atoms with Crippen molar-refractivity contribution in [1.29, 1.82) is 0 Å². The van der Waals surface area contributed by atoms with Crippen molar-refractivity contribution < 1.29 is 8.42 Å². The van der Waals surface area contributed by atoms with Crippen LogP contribution in [0.1, 0.15) is 19.8 Å². The van der Waals surface area contributed by atoms with Crippen LogP contribution in [0, 0.1) is 5.92 Å². The predicted molar refractivity (Wildman–Crippen MR) is 72.8 cm³/mol. The SMILES string of the molecule is CCS(=O)(=O)N1CCCC(C2N=NC(=S)N2C)C1. The van der Waals surface area contributed by atoms with E-state index in [1.165, 1.54) is 0 Å². The summed E-state index contributed by atoms with van der Waals surface area (Å²) in [5.41, 5.74) is 0. The third kappa shape index (κ3) is 2.55. The molecule has 18 heavy (non-hydrogen) atoms. The van der Waals surface area contributed by atoms with Crippen molar-refractivity contribution in [2.75, 3.05) is 25.9 Å². The van der Waals surface area contributed by atoms with Gasteiger partial charge in [-0.05, 0) is 32.0 Å². The lowest BCUT2D eigenvalue weighted by Gasteiger charge is -2.35. The molecule has 0 aromatic carbocycles. The summed E-state index contributed by atoms with van der Waals surface area (Å²) in [6.45, 7) is 2.81. The summed E-state index contributed by atoms with van der Waals surface area (Å²) in [4.78, 5) is 1.85. The number of piperidine rings is 1. The number of hydrogen-bond acceptors (Lipinski definition) is 4. The third-order valence-corrected chi connectivity index (χ3v) is 5.78. The fraction of sp³-hybridized carbons (Fsp3) is 0.900. The fourth-order valence-electron chi connectivity index (χ4n) is 2.43. The van der Waals surface area contributed by atoms with Gasteiger partial charge in [0.25, 0.3) is 0 Å². The molecule has 1 saturated heterocycles. The molecule has 2 heterocycles. The average molecular weight is 290 g/mol. The molecule has 8 heteroatoms. The van der Waals surface area contributed by atoms with Crippen molar-refractivity contribution in [3.05, 3.63) is 0 Å². The first-order valence-corrected chi connectivity index (χ1v) is 8.13. The van der Waals surface area contributed by atoms with Gasteiger partial charge in [0.05, 0.1) is 5.75 Å². The van der Waals surface area contributed by atoms with Gasteiger partial charge in [0, 0.05) is 26.1 Å². The fourth-order valence-corrected chi connectivity index (χ4v) is 3.78. The Labute approximate surface area is 113 Å². The van der Waals surface area contributed by atoms with Crippen LogP contribution in [0.5, 0.6) is 0 Å². The average Bonchev–Trinajstić information content (AvgIpc) is 2.70. The molecular weight excluding hydrogens is 272 g/mol. The normalized spacial score (nSPS) is 30.1. The van der Waals surface area contributed by atoms with Gasteiger partial charge in [-0.2, -0.15) is 5.11 Å². The molecule has 2 aliphatic heterocycles. The van der Waals surface area contributed by atoms with Gasteiger partial charge >= 0.3 is 0 Å². The van der Waals surface area contributed by atoms with Crippen molar-refractivity contribution in [3.8, 4) is 0 Å². The molecule has 0 aromatic heterocycles. The Hall–Kier alpha value is -0.600. The van der Waals surface area contributed by atoms with Gasteiger partial charge in [0.15, 0.2) is 0 Å². The van der Waals surface area contributed by atoms with Crippen molar-refractivity contribution >= 4 is 27.4 Å². The standard InChI is InChI=1S/C10H18N4O2S2/c1-3-18(15,16)14-6-4-5-8(7-14)9-11-12-10(17)13(9)2/h8-9H,3-7H2,1-2H3. The topological polar surface area (TPSA) is 65.3 Å². The van der Waals surface area contributed by atoms with E-state index in [9.17, 15) is 8.42 Å². The summed E-state index contributed by atoms with van der Waals surface area (Å²) < 4.78 is 25.4. The highest BCUT2D eigenvalue weighted by Crippen LogP contribution is 2.28. The van der Waals surface area contributed by atoms with Crippen molar-refractivity contribution in [2.24, 2.45) is 16.1 Å². The molecule has 0 radical (unpaired) electrons. The van der Waals surface area contributed by atoms with Gasteiger partial charge in [-0.15, -0.1) is 5.11 Å². The lowest BCUT2D eigenvalue weighted by molar-refractivity contribution is 0.185. The van der Waals surface area contributed by atoms with Gasteiger partial charge in [-0.3, -0.25) is 0 Å². The summed E-state index contributed by atoms with van der Waals surface area (Å²) in [6.07, 6.45) is 1.73. The Morgan fingerprint density at radius 3 is 2.78 bits per heavy atom. The van der Waals surface area contributed by atoms with E-state index in [1.807, 2.05) is 11.9 Å². The van der Waals surface area contributed by atoms with Crippen LogP contribution in [0.15, 0.2) is 10.2 Å². The van der Waals surface area contributed by atoms with Crippen LogP contribution in [0.25, 0.3) is 0 Å². The van der Waals surface area contributed by atoms with Gasteiger partial charge in [0.1, 0.15) is 6.17 Å². The quantitative estimate of drug-likeness (QED) is 0.729. The third-order valence-electron chi connectivity index (χ3n) is 3.56. The Morgan fingerprint density at radius 1 is 1.50 bits per heavy atom. The van der Waals surface area contributed by atoms with Crippen LogP contribution < -0.4 is 0 Å². The monoisotopic (exact) mass is 290 g/mol. The number of rotatable bonds is 3. The number of azo groups is 1.